The van der Waals surface area contributed by atoms with Crippen molar-refractivity contribution in [2.45, 2.75) is 12.4 Å². The first kappa shape index (κ1) is 43.3. The van der Waals surface area contributed by atoms with Crippen LogP contribution in [0.2, 0.25) is 0 Å². The number of nitriles is 1. The molecule has 354 valence electrons. The average Bonchev–Trinajstić information content (AvgIpc) is 4.15. The molecule has 0 amide bonds. The SMILES string of the molecule is N#Cc1c(-n2c3ccccc3c3cc(-n4c5ccccc5c5ccccc54)ccc32)cc(-c2c(C(F)(F)F)cccc2C(F)(F)F)cc1-n1c2ccccc2c2cc(-n3c4ccccc4c4ccccc43)ccc21. The van der Waals surface area contributed by atoms with Crippen LogP contribution in [0.5, 0.6) is 0 Å². The first-order valence-corrected chi connectivity index (χ1v) is 23.9. The van der Waals surface area contributed by atoms with Crippen molar-refractivity contribution in [3.05, 3.63) is 229 Å². The van der Waals surface area contributed by atoms with Crippen LogP contribution in [0.1, 0.15) is 16.7 Å². The molecule has 14 rings (SSSR count). The second-order valence-electron chi connectivity index (χ2n) is 18.6. The van der Waals surface area contributed by atoms with Crippen LogP contribution in [0.25, 0.3) is 121 Å². The minimum Gasteiger partial charge on any atom is -0.309 e. The maximum Gasteiger partial charge on any atom is 0.417 e. The van der Waals surface area contributed by atoms with E-state index in [1.807, 2.05) is 133 Å². The Kier molecular flexibility index (Phi) is 9.20. The van der Waals surface area contributed by atoms with Gasteiger partial charge in [-0.05, 0) is 103 Å². The summed E-state index contributed by atoms with van der Waals surface area (Å²) in [6.45, 7) is 0. The predicted octanol–water partition coefficient (Wildman–Crippen LogP) is 17.7. The standard InChI is InChI=1S/C63H35F6N5/c64-62(65,66)49-20-13-21-50(63(67,68)69)61(49)37-32-59(73-55-26-11-5-18-44(55)46-34-38(28-30-57(46)73)71-51-22-7-1-14-40(51)41-15-2-8-23-52(41)71)48(36-70)60(33-37)74-56-27-12-6-19-45(56)47-35-39(29-31-58(47)74)72-53-24-9-3-16-42(53)43-17-4-10-25-54(43)72/h1-35H. The van der Waals surface area contributed by atoms with Gasteiger partial charge in [0, 0.05) is 60.0 Å². The van der Waals surface area contributed by atoms with Crippen molar-refractivity contribution in [1.29, 1.82) is 5.26 Å². The van der Waals surface area contributed by atoms with Gasteiger partial charge in [0.15, 0.2) is 0 Å². The molecule has 4 aromatic heterocycles. The van der Waals surface area contributed by atoms with Gasteiger partial charge in [0.2, 0.25) is 0 Å². The molecule has 0 saturated heterocycles. The Bertz CT molecular complexity index is 4340. The van der Waals surface area contributed by atoms with Gasteiger partial charge in [0.25, 0.3) is 0 Å². The molecule has 0 aliphatic carbocycles. The van der Waals surface area contributed by atoms with E-state index in [1.165, 1.54) is 12.1 Å². The zero-order valence-electron chi connectivity index (χ0n) is 38.7. The van der Waals surface area contributed by atoms with Crippen molar-refractivity contribution < 1.29 is 26.3 Å². The third-order valence-corrected chi connectivity index (χ3v) is 14.6. The van der Waals surface area contributed by atoms with Crippen molar-refractivity contribution in [2.24, 2.45) is 0 Å². The summed E-state index contributed by atoms with van der Waals surface area (Å²) in [4.78, 5) is 0. The van der Waals surface area contributed by atoms with E-state index < -0.39 is 29.0 Å². The fraction of sp³-hybridized carbons (Fsp3) is 0.0317. The Hall–Kier alpha value is -9.53. The molecule has 14 aromatic rings. The van der Waals surface area contributed by atoms with E-state index >= 15 is 26.3 Å². The lowest BCUT2D eigenvalue weighted by atomic mass is 9.91. The zero-order chi connectivity index (χ0) is 50.2. The Labute approximate surface area is 416 Å². The van der Waals surface area contributed by atoms with Crippen LogP contribution in [0.3, 0.4) is 0 Å². The molecule has 0 spiro atoms. The molecular weight excluding hydrogens is 941 g/mol. The molecule has 0 saturated carbocycles. The lowest BCUT2D eigenvalue weighted by Crippen LogP contribution is -2.15. The van der Waals surface area contributed by atoms with Gasteiger partial charge in [-0.25, -0.2) is 0 Å². The maximum atomic E-state index is 15.3. The number of hydrogen-bond donors (Lipinski definition) is 0. The Morgan fingerprint density at radius 2 is 0.608 bits per heavy atom. The zero-order valence-corrected chi connectivity index (χ0v) is 38.7. The lowest BCUT2D eigenvalue weighted by molar-refractivity contribution is -0.142. The summed E-state index contributed by atoms with van der Waals surface area (Å²) in [7, 11) is 0. The fourth-order valence-electron chi connectivity index (χ4n) is 11.7. The van der Waals surface area contributed by atoms with E-state index in [0.29, 0.717) is 34.2 Å². The van der Waals surface area contributed by atoms with Crippen LogP contribution in [0.15, 0.2) is 212 Å². The van der Waals surface area contributed by atoms with Gasteiger partial charge in [0.1, 0.15) is 11.6 Å². The van der Waals surface area contributed by atoms with Gasteiger partial charge < -0.3 is 18.3 Å². The third kappa shape index (κ3) is 6.24. The van der Waals surface area contributed by atoms with Gasteiger partial charge >= 0.3 is 12.4 Å². The van der Waals surface area contributed by atoms with Crippen LogP contribution in [-0.4, -0.2) is 18.3 Å². The van der Waals surface area contributed by atoms with Crippen molar-refractivity contribution >= 4 is 87.2 Å². The number of benzene rings is 10. The minimum absolute atomic E-state index is 0.0371. The molecule has 74 heavy (non-hydrogen) atoms. The smallest absolute Gasteiger partial charge is 0.309 e. The number of rotatable bonds is 5. The molecule has 0 fully saturated rings. The number of para-hydroxylation sites is 6. The van der Waals surface area contributed by atoms with Gasteiger partial charge in [0.05, 0.1) is 66.6 Å². The minimum atomic E-state index is -5.18. The summed E-state index contributed by atoms with van der Waals surface area (Å²) in [6, 6.07) is 66.5. The molecule has 0 bridgehead atoms. The molecule has 0 atom stereocenters. The van der Waals surface area contributed by atoms with Gasteiger partial charge in [-0.1, -0.05) is 115 Å². The first-order chi connectivity index (χ1) is 36.0. The van der Waals surface area contributed by atoms with Crippen LogP contribution in [-0.2, 0) is 12.4 Å². The van der Waals surface area contributed by atoms with Crippen molar-refractivity contribution in [2.75, 3.05) is 0 Å². The highest BCUT2D eigenvalue weighted by atomic mass is 19.4. The summed E-state index contributed by atoms with van der Waals surface area (Å²) >= 11 is 0. The summed E-state index contributed by atoms with van der Waals surface area (Å²) in [6.07, 6.45) is -10.4. The summed E-state index contributed by atoms with van der Waals surface area (Å²) in [5.74, 6) is 0. The highest BCUT2D eigenvalue weighted by Gasteiger charge is 2.41. The van der Waals surface area contributed by atoms with Crippen molar-refractivity contribution in [3.63, 3.8) is 0 Å². The lowest BCUT2D eigenvalue weighted by Gasteiger charge is -2.22. The van der Waals surface area contributed by atoms with Crippen LogP contribution in [0.4, 0.5) is 26.3 Å². The Morgan fingerprint density at radius 3 is 0.932 bits per heavy atom. The number of fused-ring (bicyclic) bond motifs is 12. The second-order valence-corrected chi connectivity index (χ2v) is 18.6. The van der Waals surface area contributed by atoms with E-state index in [-0.39, 0.29) is 22.5 Å². The first-order valence-electron chi connectivity index (χ1n) is 23.9. The van der Waals surface area contributed by atoms with Crippen LogP contribution >= 0.6 is 0 Å². The molecule has 5 nitrogen and oxygen atoms in total. The van der Waals surface area contributed by atoms with Gasteiger partial charge in [-0.3, -0.25) is 0 Å². The van der Waals surface area contributed by atoms with Gasteiger partial charge in [-0.2, -0.15) is 31.6 Å². The number of hydrogen-bond acceptors (Lipinski definition) is 1. The topological polar surface area (TPSA) is 43.5 Å². The number of alkyl halides is 6. The monoisotopic (exact) mass is 975 g/mol. The largest absolute Gasteiger partial charge is 0.417 e. The second kappa shape index (κ2) is 15.7. The molecule has 0 aliphatic rings. The number of halogens is 6. The van der Waals surface area contributed by atoms with Gasteiger partial charge in [-0.15, -0.1) is 0 Å². The van der Waals surface area contributed by atoms with E-state index in [0.717, 1.165) is 82.6 Å². The number of aromatic nitrogens is 4. The molecule has 0 N–H and O–H groups in total. The van der Waals surface area contributed by atoms with Crippen molar-refractivity contribution in [3.8, 4) is 39.9 Å². The summed E-state index contributed by atoms with van der Waals surface area (Å²) < 4.78 is 99.7. The van der Waals surface area contributed by atoms with E-state index in [1.54, 1.807) is 9.13 Å². The summed E-state index contributed by atoms with van der Waals surface area (Å²) in [5.41, 5.74) is 3.93. The Balaban J connectivity index is 1.09. The third-order valence-electron chi connectivity index (χ3n) is 14.6. The molecule has 10 aromatic carbocycles. The van der Waals surface area contributed by atoms with Crippen molar-refractivity contribution in [1.82, 2.24) is 18.3 Å². The molecular formula is C63H35F6N5. The quantitative estimate of drug-likeness (QED) is 0.159. The molecule has 0 unspecified atom stereocenters. The van der Waals surface area contributed by atoms with E-state index in [4.69, 9.17) is 0 Å². The average molecular weight is 976 g/mol. The maximum absolute atomic E-state index is 15.3. The Morgan fingerprint density at radius 1 is 0.311 bits per heavy atom. The fourth-order valence-corrected chi connectivity index (χ4v) is 11.7. The van der Waals surface area contributed by atoms with E-state index in [9.17, 15) is 5.26 Å². The van der Waals surface area contributed by atoms with Crippen LogP contribution < -0.4 is 0 Å². The highest BCUT2D eigenvalue weighted by molar-refractivity contribution is 6.14. The normalized spacial score (nSPS) is 12.4. The molecule has 11 heteroatoms. The van der Waals surface area contributed by atoms with E-state index in [2.05, 4.69) is 63.7 Å². The predicted molar refractivity (Wildman–Crippen MR) is 284 cm³/mol. The summed E-state index contributed by atoms with van der Waals surface area (Å²) in [5, 5.41) is 18.9. The molecule has 4 heterocycles. The van der Waals surface area contributed by atoms with Crippen LogP contribution in [0, 0.1) is 11.3 Å². The number of nitrogens with zero attached hydrogens (tertiary/aromatic N) is 5. The molecule has 0 aliphatic heterocycles. The molecule has 0 radical (unpaired) electrons. The highest BCUT2D eigenvalue weighted by Crippen LogP contribution is 2.48.